The molecule has 0 N–H and O–H groups in total. The van der Waals surface area contributed by atoms with E-state index in [-0.39, 0.29) is 11.5 Å². The Bertz CT molecular complexity index is 224. The van der Waals surface area contributed by atoms with E-state index >= 15 is 0 Å². The van der Waals surface area contributed by atoms with Crippen molar-refractivity contribution < 1.29 is 4.74 Å². The van der Waals surface area contributed by atoms with Crippen molar-refractivity contribution >= 4 is 0 Å². The molecule has 58 valence electrons. The minimum atomic E-state index is 0.0579. The molecule has 0 aliphatic carbocycles. The molecule has 0 radical (unpaired) electrons. The number of allylic oxidation sites excluding steroid dienone is 2. The Kier molecular flexibility index (Phi) is 3.77. The van der Waals surface area contributed by atoms with Gasteiger partial charge in [0.2, 0.25) is 0 Å². The molecule has 0 amide bonds. The molecule has 3 nitrogen and oxygen atoms in total. The average Bonchev–Trinajstić information content (AvgIpc) is 1.99. The highest BCUT2D eigenvalue weighted by Crippen LogP contribution is 2.14. The zero-order chi connectivity index (χ0) is 8.85. The van der Waals surface area contributed by atoms with E-state index in [0.29, 0.717) is 5.76 Å². The minimum absolute atomic E-state index is 0.0579. The van der Waals surface area contributed by atoms with E-state index in [2.05, 4.69) is 0 Å². The summed E-state index contributed by atoms with van der Waals surface area (Å²) >= 11 is 0. The van der Waals surface area contributed by atoms with Crippen molar-refractivity contribution in [2.75, 3.05) is 7.11 Å². The van der Waals surface area contributed by atoms with Crippen molar-refractivity contribution in [3.05, 3.63) is 11.3 Å². The normalized spacial score (nSPS) is 8.18. The van der Waals surface area contributed by atoms with Gasteiger partial charge < -0.3 is 4.74 Å². The summed E-state index contributed by atoms with van der Waals surface area (Å²) in [4.78, 5) is 0. The Hall–Kier alpha value is -1.48. The van der Waals surface area contributed by atoms with Crippen LogP contribution in [0.15, 0.2) is 11.3 Å². The van der Waals surface area contributed by atoms with E-state index in [4.69, 9.17) is 15.3 Å². The molecule has 0 aromatic heterocycles. The lowest BCUT2D eigenvalue weighted by Crippen LogP contribution is -1.99. The highest BCUT2D eigenvalue weighted by atomic mass is 16.5. The molecule has 0 atom stereocenters. The molecule has 0 saturated carbocycles. The lowest BCUT2D eigenvalue weighted by atomic mass is 10.1. The van der Waals surface area contributed by atoms with Crippen molar-refractivity contribution in [1.82, 2.24) is 0 Å². The summed E-state index contributed by atoms with van der Waals surface area (Å²) in [5.41, 5.74) is 0.0579. The topological polar surface area (TPSA) is 56.8 Å². The van der Waals surface area contributed by atoms with Crippen LogP contribution in [0.1, 0.15) is 13.8 Å². The maximum absolute atomic E-state index is 8.47. The Morgan fingerprint density at radius 1 is 1.27 bits per heavy atom. The SMILES string of the molecule is COC(=C(C#N)C#N)C(C)C. The summed E-state index contributed by atoms with van der Waals surface area (Å²) < 4.78 is 4.89. The van der Waals surface area contributed by atoms with Crippen molar-refractivity contribution in [1.29, 1.82) is 10.5 Å². The van der Waals surface area contributed by atoms with Crippen LogP contribution in [0, 0.1) is 28.6 Å². The average molecular weight is 150 g/mol. The van der Waals surface area contributed by atoms with Gasteiger partial charge in [-0.3, -0.25) is 0 Å². The summed E-state index contributed by atoms with van der Waals surface area (Å²) in [5.74, 6) is 0.532. The maximum atomic E-state index is 8.47. The second kappa shape index (κ2) is 4.35. The number of nitrogens with zero attached hydrogens (tertiary/aromatic N) is 2. The molecule has 0 heterocycles. The van der Waals surface area contributed by atoms with Gasteiger partial charge in [0.05, 0.1) is 7.11 Å². The van der Waals surface area contributed by atoms with Crippen LogP contribution in [0.2, 0.25) is 0 Å². The highest BCUT2D eigenvalue weighted by Gasteiger charge is 2.09. The van der Waals surface area contributed by atoms with Crippen molar-refractivity contribution in [2.24, 2.45) is 5.92 Å². The fraction of sp³-hybridized carbons (Fsp3) is 0.500. The molecule has 11 heavy (non-hydrogen) atoms. The van der Waals surface area contributed by atoms with Gasteiger partial charge in [-0.15, -0.1) is 0 Å². The molecule has 0 rings (SSSR count). The maximum Gasteiger partial charge on any atom is 0.167 e. The standard InChI is InChI=1S/C8H10N2O/c1-6(2)8(11-3)7(4-9)5-10/h6H,1-3H3. The van der Waals surface area contributed by atoms with Gasteiger partial charge in [-0.1, -0.05) is 13.8 Å². The van der Waals surface area contributed by atoms with Gasteiger partial charge in [0.25, 0.3) is 0 Å². The van der Waals surface area contributed by atoms with Crippen LogP contribution >= 0.6 is 0 Å². The van der Waals surface area contributed by atoms with Gasteiger partial charge in [0.15, 0.2) is 5.57 Å². The smallest absolute Gasteiger partial charge is 0.167 e. The molecule has 0 aromatic carbocycles. The highest BCUT2D eigenvalue weighted by molar-refractivity contribution is 5.38. The predicted octanol–water partition coefficient (Wildman–Crippen LogP) is 1.59. The summed E-state index contributed by atoms with van der Waals surface area (Å²) in [7, 11) is 1.46. The van der Waals surface area contributed by atoms with Gasteiger partial charge in [-0.2, -0.15) is 10.5 Å². The second-order valence-electron chi connectivity index (χ2n) is 2.32. The molecular formula is C8H10N2O. The zero-order valence-electron chi connectivity index (χ0n) is 6.88. The van der Waals surface area contributed by atoms with Crippen LogP contribution in [0.3, 0.4) is 0 Å². The number of rotatable bonds is 2. The largest absolute Gasteiger partial charge is 0.499 e. The van der Waals surface area contributed by atoms with E-state index in [1.54, 1.807) is 12.1 Å². The minimum Gasteiger partial charge on any atom is -0.499 e. The van der Waals surface area contributed by atoms with Crippen LogP contribution in [-0.4, -0.2) is 7.11 Å². The molecule has 0 bridgehead atoms. The third kappa shape index (κ3) is 2.31. The number of hydrogen-bond acceptors (Lipinski definition) is 3. The number of hydrogen-bond donors (Lipinski definition) is 0. The predicted molar refractivity (Wildman–Crippen MR) is 40.1 cm³/mol. The first-order valence-electron chi connectivity index (χ1n) is 3.25. The molecule has 0 spiro atoms. The number of nitriles is 2. The Morgan fingerprint density at radius 2 is 1.73 bits per heavy atom. The molecule has 0 aliphatic heterocycles. The molecule has 3 heteroatoms. The first-order valence-corrected chi connectivity index (χ1v) is 3.25. The Balaban J connectivity index is 4.86. The van der Waals surface area contributed by atoms with Crippen LogP contribution < -0.4 is 0 Å². The van der Waals surface area contributed by atoms with E-state index < -0.39 is 0 Å². The zero-order valence-corrected chi connectivity index (χ0v) is 6.88. The van der Waals surface area contributed by atoms with Crippen molar-refractivity contribution in [3.63, 3.8) is 0 Å². The molecule has 0 aliphatic rings. The quantitative estimate of drug-likeness (QED) is 0.443. The van der Waals surface area contributed by atoms with Gasteiger partial charge in [0, 0.05) is 5.92 Å². The van der Waals surface area contributed by atoms with E-state index in [0.717, 1.165) is 0 Å². The molecule has 0 fully saturated rings. The second-order valence-corrected chi connectivity index (χ2v) is 2.32. The molecule has 0 aromatic rings. The van der Waals surface area contributed by atoms with E-state index in [1.807, 2.05) is 13.8 Å². The van der Waals surface area contributed by atoms with Crippen LogP contribution in [0.25, 0.3) is 0 Å². The van der Waals surface area contributed by atoms with Gasteiger partial charge in [-0.25, -0.2) is 0 Å². The van der Waals surface area contributed by atoms with Crippen LogP contribution in [-0.2, 0) is 4.74 Å². The van der Waals surface area contributed by atoms with Crippen LogP contribution in [0.4, 0.5) is 0 Å². The first-order chi connectivity index (χ1) is 5.17. The lowest BCUT2D eigenvalue weighted by Gasteiger charge is -2.08. The molecule has 0 saturated heterocycles. The summed E-state index contributed by atoms with van der Waals surface area (Å²) in [5, 5.41) is 16.9. The summed E-state index contributed by atoms with van der Waals surface area (Å²) in [6.07, 6.45) is 0. The van der Waals surface area contributed by atoms with Crippen molar-refractivity contribution in [2.45, 2.75) is 13.8 Å². The molecular weight excluding hydrogens is 140 g/mol. The number of methoxy groups -OCH3 is 1. The molecule has 0 unspecified atom stereocenters. The number of ether oxygens (including phenoxy) is 1. The Labute approximate surface area is 66.5 Å². The summed E-state index contributed by atoms with van der Waals surface area (Å²) in [6.45, 7) is 3.74. The Morgan fingerprint density at radius 3 is 1.82 bits per heavy atom. The lowest BCUT2D eigenvalue weighted by molar-refractivity contribution is 0.252. The monoisotopic (exact) mass is 150 g/mol. The fourth-order valence-corrected chi connectivity index (χ4v) is 0.762. The fourth-order valence-electron chi connectivity index (χ4n) is 0.762. The van der Waals surface area contributed by atoms with Gasteiger partial charge >= 0.3 is 0 Å². The van der Waals surface area contributed by atoms with Gasteiger partial charge in [-0.05, 0) is 0 Å². The van der Waals surface area contributed by atoms with Crippen LogP contribution in [0.5, 0.6) is 0 Å². The first kappa shape index (κ1) is 9.52. The van der Waals surface area contributed by atoms with E-state index in [9.17, 15) is 0 Å². The third-order valence-electron chi connectivity index (χ3n) is 1.21. The van der Waals surface area contributed by atoms with Crippen molar-refractivity contribution in [3.8, 4) is 12.1 Å². The summed E-state index contributed by atoms with van der Waals surface area (Å²) in [6, 6.07) is 3.56. The third-order valence-corrected chi connectivity index (χ3v) is 1.21. The van der Waals surface area contributed by atoms with Gasteiger partial charge in [0.1, 0.15) is 17.9 Å². The van der Waals surface area contributed by atoms with E-state index in [1.165, 1.54) is 7.11 Å².